The molecule has 9 heteroatoms. The summed E-state index contributed by atoms with van der Waals surface area (Å²) in [4.78, 5) is 55.0. The molecule has 4 aliphatic rings. The molecule has 0 bridgehead atoms. The molecule has 4 heterocycles. The van der Waals surface area contributed by atoms with Crippen LogP contribution >= 0.6 is 0 Å². The van der Waals surface area contributed by atoms with Crippen LogP contribution in [-0.4, -0.2) is 83.1 Å². The molecule has 5 rings (SSSR count). The first kappa shape index (κ1) is 21.1. The predicted molar refractivity (Wildman–Crippen MR) is 115 cm³/mol. The highest BCUT2D eigenvalue weighted by molar-refractivity contribution is 6.05. The quantitative estimate of drug-likeness (QED) is 0.633. The summed E-state index contributed by atoms with van der Waals surface area (Å²) in [6, 6.07) is 5.64. The van der Waals surface area contributed by atoms with Gasteiger partial charge in [0.25, 0.3) is 5.91 Å². The number of piperazine rings is 1. The number of rotatable bonds is 4. The summed E-state index contributed by atoms with van der Waals surface area (Å²) in [5.74, 6) is -0.622. The van der Waals surface area contributed by atoms with Crippen molar-refractivity contribution >= 4 is 23.6 Å². The van der Waals surface area contributed by atoms with Crippen molar-refractivity contribution in [3.05, 3.63) is 34.9 Å². The van der Waals surface area contributed by atoms with Crippen molar-refractivity contribution in [2.45, 2.75) is 50.9 Å². The minimum atomic E-state index is -0.588. The average molecular weight is 440 g/mol. The topological polar surface area (TPSA) is 102 Å². The van der Waals surface area contributed by atoms with Crippen molar-refractivity contribution in [2.24, 2.45) is 0 Å². The van der Waals surface area contributed by atoms with Gasteiger partial charge in [-0.15, -0.1) is 0 Å². The van der Waals surface area contributed by atoms with E-state index < -0.39 is 6.04 Å². The highest BCUT2D eigenvalue weighted by atomic mass is 16.2. The molecule has 2 unspecified atom stereocenters. The molecule has 9 nitrogen and oxygen atoms in total. The Bertz CT molecular complexity index is 964. The standard InChI is InChI=1S/C23H29N5O4/c29-20-6-5-19(22(31)25-20)28-13-16-4-3-15(10-18(16)23(28)32)12-26-8-1-2-17(14-26)27-9-7-24-11-21(27)30/h3-4,10,17,19,24H,1-2,5-9,11-14H2,(H,25,29,31). The zero-order valence-electron chi connectivity index (χ0n) is 18.1. The zero-order valence-corrected chi connectivity index (χ0v) is 18.1. The summed E-state index contributed by atoms with van der Waals surface area (Å²) in [6.45, 7) is 4.99. The molecule has 0 radical (unpaired) electrons. The molecular weight excluding hydrogens is 410 g/mol. The van der Waals surface area contributed by atoms with Gasteiger partial charge in [0.15, 0.2) is 0 Å². The minimum Gasteiger partial charge on any atom is -0.336 e. The van der Waals surface area contributed by atoms with Gasteiger partial charge in [-0.25, -0.2) is 0 Å². The number of fused-ring (bicyclic) bond motifs is 1. The maximum atomic E-state index is 13.1. The number of hydrogen-bond acceptors (Lipinski definition) is 6. The summed E-state index contributed by atoms with van der Waals surface area (Å²) in [7, 11) is 0. The fraction of sp³-hybridized carbons (Fsp3) is 0.565. The van der Waals surface area contributed by atoms with Gasteiger partial charge in [-0.3, -0.25) is 29.4 Å². The van der Waals surface area contributed by atoms with Crippen LogP contribution in [0.5, 0.6) is 0 Å². The summed E-state index contributed by atoms with van der Waals surface area (Å²) in [6.07, 6.45) is 2.71. The normalized spacial score (nSPS) is 27.0. The molecule has 1 aromatic rings. The molecule has 0 saturated carbocycles. The van der Waals surface area contributed by atoms with Crippen molar-refractivity contribution in [3.8, 4) is 0 Å². The summed E-state index contributed by atoms with van der Waals surface area (Å²) in [5.41, 5.74) is 2.64. The Balaban J connectivity index is 1.25. The number of hydrogen-bond donors (Lipinski definition) is 2. The third-order valence-corrected chi connectivity index (χ3v) is 7.05. The second-order valence-corrected chi connectivity index (χ2v) is 9.19. The van der Waals surface area contributed by atoms with Gasteiger partial charge in [-0.2, -0.15) is 0 Å². The molecule has 32 heavy (non-hydrogen) atoms. The number of nitrogens with one attached hydrogen (secondary N) is 2. The second-order valence-electron chi connectivity index (χ2n) is 9.19. The van der Waals surface area contributed by atoms with Crippen LogP contribution in [0.15, 0.2) is 18.2 Å². The van der Waals surface area contributed by atoms with Crippen LogP contribution in [0.4, 0.5) is 0 Å². The van der Waals surface area contributed by atoms with Crippen LogP contribution < -0.4 is 10.6 Å². The fourth-order valence-electron chi connectivity index (χ4n) is 5.39. The smallest absolute Gasteiger partial charge is 0.255 e. The summed E-state index contributed by atoms with van der Waals surface area (Å²) >= 11 is 0. The molecule has 0 spiro atoms. The lowest BCUT2D eigenvalue weighted by molar-refractivity contribution is -0.137. The van der Waals surface area contributed by atoms with Crippen molar-refractivity contribution in [1.82, 2.24) is 25.3 Å². The monoisotopic (exact) mass is 439 g/mol. The molecule has 4 aliphatic heterocycles. The molecule has 2 atom stereocenters. The lowest BCUT2D eigenvalue weighted by atomic mass is 10.0. The number of carbonyl (C=O) groups excluding carboxylic acids is 4. The maximum absolute atomic E-state index is 13.1. The first-order chi connectivity index (χ1) is 15.5. The van der Waals surface area contributed by atoms with E-state index in [4.69, 9.17) is 0 Å². The molecular formula is C23H29N5O4. The number of piperidine rings is 2. The molecule has 0 aromatic heterocycles. The van der Waals surface area contributed by atoms with Gasteiger partial charge in [0, 0.05) is 50.7 Å². The maximum Gasteiger partial charge on any atom is 0.255 e. The van der Waals surface area contributed by atoms with E-state index in [9.17, 15) is 19.2 Å². The SMILES string of the molecule is O=C1CCC(N2Cc3ccc(CN4CCCC(N5CCNCC5=O)C4)cc3C2=O)C(=O)N1. The van der Waals surface area contributed by atoms with E-state index in [1.54, 1.807) is 4.90 Å². The minimum absolute atomic E-state index is 0.140. The Morgan fingerprint density at radius 2 is 1.91 bits per heavy atom. The first-order valence-electron chi connectivity index (χ1n) is 11.5. The number of benzene rings is 1. The molecule has 2 N–H and O–H groups in total. The predicted octanol–water partition coefficient (Wildman–Crippen LogP) is -0.156. The van der Waals surface area contributed by atoms with Crippen LogP contribution in [0, 0.1) is 0 Å². The Morgan fingerprint density at radius 1 is 1.03 bits per heavy atom. The van der Waals surface area contributed by atoms with Gasteiger partial charge in [0.05, 0.1) is 6.54 Å². The van der Waals surface area contributed by atoms with E-state index in [1.165, 1.54) is 0 Å². The fourth-order valence-corrected chi connectivity index (χ4v) is 5.39. The second kappa shape index (κ2) is 8.63. The van der Waals surface area contributed by atoms with Gasteiger partial charge >= 0.3 is 0 Å². The molecule has 4 amide bonds. The van der Waals surface area contributed by atoms with E-state index in [2.05, 4.69) is 21.6 Å². The van der Waals surface area contributed by atoms with Crippen LogP contribution in [0.25, 0.3) is 0 Å². The Morgan fingerprint density at radius 3 is 2.72 bits per heavy atom. The van der Waals surface area contributed by atoms with Gasteiger partial charge in [-0.1, -0.05) is 12.1 Å². The van der Waals surface area contributed by atoms with Crippen LogP contribution in [0.2, 0.25) is 0 Å². The Labute approximate surface area is 187 Å². The van der Waals surface area contributed by atoms with Gasteiger partial charge in [-0.05, 0) is 43.0 Å². The number of likely N-dealkylation sites (tertiary alicyclic amines) is 1. The Hall–Kier alpha value is -2.78. The van der Waals surface area contributed by atoms with E-state index in [0.29, 0.717) is 25.1 Å². The molecule has 170 valence electrons. The first-order valence-corrected chi connectivity index (χ1v) is 11.5. The van der Waals surface area contributed by atoms with Crippen LogP contribution in [0.3, 0.4) is 0 Å². The number of imide groups is 1. The van der Waals surface area contributed by atoms with Gasteiger partial charge in [0.1, 0.15) is 6.04 Å². The van der Waals surface area contributed by atoms with Crippen molar-refractivity contribution in [3.63, 3.8) is 0 Å². The van der Waals surface area contributed by atoms with Crippen LogP contribution in [0.1, 0.15) is 47.2 Å². The van der Waals surface area contributed by atoms with Gasteiger partial charge in [0.2, 0.25) is 17.7 Å². The molecule has 3 saturated heterocycles. The van der Waals surface area contributed by atoms with Crippen molar-refractivity contribution < 1.29 is 19.2 Å². The van der Waals surface area contributed by atoms with E-state index >= 15 is 0 Å². The summed E-state index contributed by atoms with van der Waals surface area (Å²) < 4.78 is 0. The lowest BCUT2D eigenvalue weighted by Crippen LogP contribution is -2.56. The summed E-state index contributed by atoms with van der Waals surface area (Å²) in [5, 5.41) is 5.48. The largest absolute Gasteiger partial charge is 0.336 e. The van der Waals surface area contributed by atoms with Crippen molar-refractivity contribution in [1.29, 1.82) is 0 Å². The van der Waals surface area contributed by atoms with E-state index in [1.807, 2.05) is 17.0 Å². The highest BCUT2D eigenvalue weighted by Gasteiger charge is 2.39. The lowest BCUT2D eigenvalue weighted by Gasteiger charge is -2.41. The Kier molecular flexibility index (Phi) is 5.69. The van der Waals surface area contributed by atoms with Crippen molar-refractivity contribution in [2.75, 3.05) is 32.7 Å². The number of nitrogens with zero attached hydrogens (tertiary/aromatic N) is 3. The van der Waals surface area contributed by atoms with E-state index in [-0.39, 0.29) is 36.1 Å². The number of carbonyl (C=O) groups is 4. The average Bonchev–Trinajstić information content (AvgIpc) is 3.10. The van der Waals surface area contributed by atoms with Crippen LogP contribution in [-0.2, 0) is 27.5 Å². The van der Waals surface area contributed by atoms with Gasteiger partial charge < -0.3 is 15.1 Å². The van der Waals surface area contributed by atoms with E-state index in [0.717, 1.165) is 56.7 Å². The third-order valence-electron chi connectivity index (χ3n) is 7.05. The molecule has 3 fully saturated rings. The zero-order chi connectivity index (χ0) is 22.2. The molecule has 0 aliphatic carbocycles. The third kappa shape index (κ3) is 4.02. The molecule has 1 aromatic carbocycles. The number of amides is 4. The highest BCUT2D eigenvalue weighted by Crippen LogP contribution is 2.29.